The van der Waals surface area contributed by atoms with Crippen LogP contribution in [0.5, 0.6) is 0 Å². The van der Waals surface area contributed by atoms with E-state index in [0.29, 0.717) is 5.92 Å². The summed E-state index contributed by atoms with van der Waals surface area (Å²) >= 11 is 0. The second-order valence-electron chi connectivity index (χ2n) is 7.82. The number of anilines is 4. The summed E-state index contributed by atoms with van der Waals surface area (Å²) in [6, 6.07) is 19.3. The van der Waals surface area contributed by atoms with Gasteiger partial charge < -0.3 is 9.80 Å². The van der Waals surface area contributed by atoms with Crippen molar-refractivity contribution in [1.82, 2.24) is 9.97 Å². The minimum absolute atomic E-state index is 0.0957. The summed E-state index contributed by atoms with van der Waals surface area (Å²) in [5, 5.41) is 0. The number of benzene rings is 2. The van der Waals surface area contributed by atoms with Gasteiger partial charge in [0, 0.05) is 35.1 Å². The molecule has 2 aliphatic rings. The van der Waals surface area contributed by atoms with E-state index in [1.165, 1.54) is 11.3 Å². The van der Waals surface area contributed by atoms with Crippen molar-refractivity contribution in [1.29, 1.82) is 0 Å². The Hall–Kier alpha value is -3.14. The smallest absolute Gasteiger partial charge is 0.178 e. The Morgan fingerprint density at radius 2 is 1.59 bits per heavy atom. The van der Waals surface area contributed by atoms with Crippen molar-refractivity contribution in [2.24, 2.45) is 5.92 Å². The van der Waals surface area contributed by atoms with Crippen LogP contribution >= 0.6 is 0 Å². The van der Waals surface area contributed by atoms with E-state index in [9.17, 15) is 0 Å². The molecule has 2 aromatic carbocycles. The predicted molar refractivity (Wildman–Crippen MR) is 119 cm³/mol. The molecule has 5 rings (SSSR count). The number of para-hydroxylation sites is 2. The number of hydrogen-bond acceptors (Lipinski definition) is 4. The molecule has 3 unspecified atom stereocenters. The minimum Gasteiger partial charge on any atom is -0.302 e. The van der Waals surface area contributed by atoms with E-state index >= 15 is 0 Å². The molecular weight excluding hydrogens is 356 g/mol. The van der Waals surface area contributed by atoms with Crippen LogP contribution in [0.2, 0.25) is 0 Å². The molecule has 3 heterocycles. The van der Waals surface area contributed by atoms with E-state index in [4.69, 9.17) is 9.97 Å². The third-order valence-corrected chi connectivity index (χ3v) is 6.76. The number of fused-ring (bicyclic) bond motifs is 5. The van der Waals surface area contributed by atoms with Gasteiger partial charge in [-0.05, 0) is 36.6 Å². The van der Waals surface area contributed by atoms with Gasteiger partial charge in [-0.2, -0.15) is 0 Å². The number of rotatable bonds is 4. The van der Waals surface area contributed by atoms with Crippen molar-refractivity contribution in [3.05, 3.63) is 85.2 Å². The molecule has 146 valence electrons. The van der Waals surface area contributed by atoms with Crippen LogP contribution in [0.1, 0.15) is 32.3 Å². The molecule has 0 aliphatic carbocycles. The Kier molecular flexibility index (Phi) is 4.16. The summed E-state index contributed by atoms with van der Waals surface area (Å²) in [5.74, 6) is 2.20. The first-order chi connectivity index (χ1) is 14.3. The van der Waals surface area contributed by atoms with Crippen LogP contribution in [-0.2, 0) is 5.41 Å². The summed E-state index contributed by atoms with van der Waals surface area (Å²) in [4.78, 5) is 14.3. The van der Waals surface area contributed by atoms with Crippen LogP contribution in [0.3, 0.4) is 0 Å². The number of hydrogen-bond donors (Lipinski definition) is 0. The van der Waals surface area contributed by atoms with Crippen LogP contribution in [0.15, 0.2) is 79.6 Å². The zero-order chi connectivity index (χ0) is 20.0. The molecular formula is C25H26N4. The molecule has 0 saturated heterocycles. The molecule has 3 atom stereocenters. The van der Waals surface area contributed by atoms with Gasteiger partial charge in [0.2, 0.25) is 0 Å². The molecule has 0 spiro atoms. The van der Waals surface area contributed by atoms with Gasteiger partial charge >= 0.3 is 0 Å². The first-order valence-electron chi connectivity index (χ1n) is 10.4. The van der Waals surface area contributed by atoms with E-state index in [0.717, 1.165) is 30.2 Å². The highest BCUT2D eigenvalue weighted by Crippen LogP contribution is 2.58. The third kappa shape index (κ3) is 2.32. The lowest BCUT2D eigenvalue weighted by atomic mass is 9.63. The van der Waals surface area contributed by atoms with E-state index in [1.807, 2.05) is 0 Å². The Balaban J connectivity index is 1.83. The summed E-state index contributed by atoms with van der Waals surface area (Å²) in [6.07, 6.45) is 7.92. The van der Waals surface area contributed by atoms with E-state index < -0.39 is 0 Å². The first kappa shape index (κ1) is 17.9. The highest BCUT2D eigenvalue weighted by molar-refractivity contribution is 5.86. The van der Waals surface area contributed by atoms with Gasteiger partial charge in [-0.1, -0.05) is 56.3 Å². The number of nitrogens with zero attached hydrogens (tertiary/aromatic N) is 4. The van der Waals surface area contributed by atoms with Crippen LogP contribution in [0.4, 0.5) is 23.0 Å². The van der Waals surface area contributed by atoms with Crippen LogP contribution < -0.4 is 9.80 Å². The largest absolute Gasteiger partial charge is 0.302 e. The van der Waals surface area contributed by atoms with Gasteiger partial charge in [-0.25, -0.2) is 9.97 Å². The van der Waals surface area contributed by atoms with E-state index in [-0.39, 0.29) is 11.6 Å². The van der Waals surface area contributed by atoms with E-state index in [1.54, 1.807) is 12.4 Å². The van der Waals surface area contributed by atoms with Gasteiger partial charge in [0.15, 0.2) is 11.6 Å². The minimum atomic E-state index is -0.0957. The van der Waals surface area contributed by atoms with Crippen LogP contribution in [0, 0.1) is 5.92 Å². The lowest BCUT2D eigenvalue weighted by molar-refractivity contribution is 0.252. The van der Waals surface area contributed by atoms with Crippen molar-refractivity contribution in [2.45, 2.75) is 38.3 Å². The molecule has 0 saturated carbocycles. The Labute approximate surface area is 172 Å². The molecule has 1 aromatic heterocycles. The fraction of sp³-hybridized carbons (Fsp3) is 0.280. The molecule has 0 bridgehead atoms. The van der Waals surface area contributed by atoms with E-state index in [2.05, 4.69) is 90.9 Å². The molecule has 2 aliphatic heterocycles. The molecule has 0 radical (unpaired) electrons. The summed E-state index contributed by atoms with van der Waals surface area (Å²) in [7, 11) is 0. The van der Waals surface area contributed by atoms with Crippen LogP contribution in [0.25, 0.3) is 0 Å². The molecule has 0 N–H and O–H groups in total. The highest BCUT2D eigenvalue weighted by Gasteiger charge is 2.55. The monoisotopic (exact) mass is 382 g/mol. The maximum atomic E-state index is 4.78. The maximum absolute atomic E-state index is 4.78. The van der Waals surface area contributed by atoms with Crippen molar-refractivity contribution < 1.29 is 0 Å². The number of aromatic nitrogens is 2. The van der Waals surface area contributed by atoms with Gasteiger partial charge in [-0.15, -0.1) is 6.58 Å². The third-order valence-electron chi connectivity index (χ3n) is 6.76. The topological polar surface area (TPSA) is 32.3 Å². The fourth-order valence-electron chi connectivity index (χ4n) is 5.49. The highest BCUT2D eigenvalue weighted by atomic mass is 15.5. The molecule has 0 amide bonds. The number of allylic oxidation sites excluding steroid dienone is 1. The van der Waals surface area contributed by atoms with Gasteiger partial charge in [0.1, 0.15) is 6.17 Å². The normalized spacial score (nSPS) is 24.6. The average molecular weight is 383 g/mol. The van der Waals surface area contributed by atoms with Crippen LogP contribution in [-0.4, -0.2) is 16.1 Å². The van der Waals surface area contributed by atoms with Gasteiger partial charge in [-0.3, -0.25) is 0 Å². The molecule has 3 aromatic rings. The Bertz CT molecular complexity index is 1050. The lowest BCUT2D eigenvalue weighted by Gasteiger charge is -2.52. The molecule has 0 fully saturated rings. The quantitative estimate of drug-likeness (QED) is 0.521. The molecule has 4 heteroatoms. The summed E-state index contributed by atoms with van der Waals surface area (Å²) in [6.45, 7) is 8.89. The Morgan fingerprint density at radius 3 is 2.24 bits per heavy atom. The molecule has 29 heavy (non-hydrogen) atoms. The zero-order valence-corrected chi connectivity index (χ0v) is 17.0. The SMILES string of the molecule is C=CC1(CC)c2ccccc2N2c3nccnc3N(c3ccccc3)C2C1CC. The second kappa shape index (κ2) is 6.73. The fourth-order valence-corrected chi connectivity index (χ4v) is 5.49. The van der Waals surface area contributed by atoms with Gasteiger partial charge in [0.05, 0.1) is 0 Å². The Morgan fingerprint density at radius 1 is 0.931 bits per heavy atom. The zero-order valence-electron chi connectivity index (χ0n) is 17.0. The predicted octanol–water partition coefficient (Wildman–Crippen LogP) is 5.97. The summed E-state index contributed by atoms with van der Waals surface area (Å²) < 4.78 is 0. The van der Waals surface area contributed by atoms with Crippen molar-refractivity contribution in [3.63, 3.8) is 0 Å². The second-order valence-corrected chi connectivity index (χ2v) is 7.82. The van der Waals surface area contributed by atoms with Crippen molar-refractivity contribution >= 4 is 23.0 Å². The average Bonchev–Trinajstić information content (AvgIpc) is 3.13. The first-order valence-corrected chi connectivity index (χ1v) is 10.4. The standard InChI is InChI=1S/C25H26N4/c1-4-19-24-28(18-12-8-7-9-13-18)22-23(27-17-16-26-22)29(24)21-15-11-10-14-20(21)25(19,5-2)6-3/h5,7-17,19,24H,2,4,6H2,1,3H3. The molecule has 4 nitrogen and oxygen atoms in total. The van der Waals surface area contributed by atoms with Crippen molar-refractivity contribution in [3.8, 4) is 0 Å². The lowest BCUT2D eigenvalue weighted by Crippen LogP contribution is -2.55. The maximum Gasteiger partial charge on any atom is 0.178 e. The van der Waals surface area contributed by atoms with Gasteiger partial charge in [0.25, 0.3) is 0 Å². The van der Waals surface area contributed by atoms with Crippen molar-refractivity contribution in [2.75, 3.05) is 9.80 Å². The summed E-state index contributed by atoms with van der Waals surface area (Å²) in [5.41, 5.74) is 3.60.